The van der Waals surface area contributed by atoms with Gasteiger partial charge in [0.25, 0.3) is 0 Å². The Bertz CT molecular complexity index is 1150. The Balaban J connectivity index is 1.55. The highest BCUT2D eigenvalue weighted by Crippen LogP contribution is 2.59. The van der Waals surface area contributed by atoms with Crippen LogP contribution in [0.15, 0.2) is 24.0 Å². The van der Waals surface area contributed by atoms with Crippen LogP contribution >= 0.6 is 0 Å². The van der Waals surface area contributed by atoms with Crippen molar-refractivity contribution in [2.24, 2.45) is 5.92 Å². The number of carboxylic acid groups (broad SMARTS) is 1. The van der Waals surface area contributed by atoms with Crippen LogP contribution in [-0.2, 0) is 25.5 Å². The van der Waals surface area contributed by atoms with E-state index in [9.17, 15) is 29.7 Å². The number of ether oxygens (including phenoxy) is 3. The van der Waals surface area contributed by atoms with Gasteiger partial charge in [-0.2, -0.15) is 0 Å². The molecule has 0 aromatic heterocycles. The maximum Gasteiger partial charge on any atom is 0.326 e. The number of hydrogen-bond donors (Lipinski definition) is 4. The first-order valence-corrected chi connectivity index (χ1v) is 12.8. The molecule has 0 spiro atoms. The third kappa shape index (κ3) is 4.74. The van der Waals surface area contributed by atoms with Gasteiger partial charge in [-0.15, -0.1) is 0 Å². The van der Waals surface area contributed by atoms with Crippen molar-refractivity contribution < 1.29 is 43.9 Å². The topological polar surface area (TPSA) is 155 Å². The van der Waals surface area contributed by atoms with E-state index in [2.05, 4.69) is 10.2 Å². The molecule has 208 valence electrons. The lowest BCUT2D eigenvalue weighted by atomic mass is 9.63. The number of esters is 1. The van der Waals surface area contributed by atoms with E-state index in [4.69, 9.17) is 14.2 Å². The number of carboxylic acids is 1. The maximum atomic E-state index is 12.8. The third-order valence-electron chi connectivity index (χ3n) is 7.92. The third-order valence-corrected chi connectivity index (χ3v) is 7.92. The number of likely N-dealkylation sites (N-methyl/N-ethyl adjacent to an activating group) is 1. The smallest absolute Gasteiger partial charge is 0.326 e. The molecule has 3 aliphatic rings. The Hall–Kier alpha value is -3.15. The fraction of sp³-hybridized carbons (Fsp3) is 0.593. The molecule has 11 heteroatoms. The zero-order valence-electron chi connectivity index (χ0n) is 22.3. The molecule has 0 radical (unpaired) electrons. The first kappa shape index (κ1) is 27.9. The Labute approximate surface area is 221 Å². The summed E-state index contributed by atoms with van der Waals surface area (Å²) in [5, 5.41) is 33.8. The summed E-state index contributed by atoms with van der Waals surface area (Å²) < 4.78 is 17.4. The quantitative estimate of drug-likeness (QED) is 0.320. The standard InChI is InChI=1S/C27H36N2O9/c1-6-29(4)18-11-14-7-8-16(36-5)23-20(14)21-24(38-23)17(9-10-27(18,21)35)37-19(31)12-15(30)25(32)28-22(13(2)3)26(33)34/h7-9,13,15,18,21-22,24,30,35H,6,10-12H2,1-5H3,(H,28,32)(H,33,34)/t15?,18?,21?,22?,24-,27+/m0/s1. The van der Waals surface area contributed by atoms with Crippen molar-refractivity contribution >= 4 is 17.8 Å². The largest absolute Gasteiger partial charge is 0.493 e. The first-order chi connectivity index (χ1) is 17.9. The maximum absolute atomic E-state index is 12.8. The van der Waals surface area contributed by atoms with E-state index in [0.717, 1.165) is 17.7 Å². The summed E-state index contributed by atoms with van der Waals surface area (Å²) >= 11 is 0. The summed E-state index contributed by atoms with van der Waals surface area (Å²) in [4.78, 5) is 38.5. The molecule has 4 unspecified atom stereocenters. The lowest BCUT2D eigenvalue weighted by Gasteiger charge is -2.50. The number of amides is 1. The lowest BCUT2D eigenvalue weighted by Crippen LogP contribution is -2.61. The second kappa shape index (κ2) is 10.5. The normalized spacial score (nSPS) is 26.7. The van der Waals surface area contributed by atoms with Gasteiger partial charge in [-0.05, 0) is 43.6 Å². The summed E-state index contributed by atoms with van der Waals surface area (Å²) in [6, 6.07) is 2.39. The average molecular weight is 533 g/mol. The molecule has 2 aliphatic carbocycles. The highest BCUT2D eigenvalue weighted by Gasteiger charge is 2.60. The van der Waals surface area contributed by atoms with Crippen LogP contribution < -0.4 is 14.8 Å². The number of hydrogen-bond acceptors (Lipinski definition) is 9. The molecule has 1 aromatic rings. The van der Waals surface area contributed by atoms with Gasteiger partial charge in [-0.3, -0.25) is 9.59 Å². The highest BCUT2D eigenvalue weighted by atomic mass is 16.6. The summed E-state index contributed by atoms with van der Waals surface area (Å²) in [6.45, 7) is 5.98. The van der Waals surface area contributed by atoms with Crippen LogP contribution in [0.1, 0.15) is 50.7 Å². The molecule has 4 N–H and O–H groups in total. The van der Waals surface area contributed by atoms with Gasteiger partial charge < -0.3 is 39.7 Å². The summed E-state index contributed by atoms with van der Waals surface area (Å²) in [7, 11) is 3.49. The molecule has 1 aromatic carbocycles. The fourth-order valence-corrected chi connectivity index (χ4v) is 5.78. The second-order valence-electron chi connectivity index (χ2n) is 10.5. The first-order valence-electron chi connectivity index (χ1n) is 12.8. The number of nitrogens with zero attached hydrogens (tertiary/aromatic N) is 1. The van der Waals surface area contributed by atoms with Crippen molar-refractivity contribution in [3.63, 3.8) is 0 Å². The Morgan fingerprint density at radius 2 is 2.00 bits per heavy atom. The number of carbonyl (C=O) groups is 3. The van der Waals surface area contributed by atoms with Crippen molar-refractivity contribution in [3.8, 4) is 11.5 Å². The molecule has 4 rings (SSSR count). The minimum atomic E-state index is -1.80. The summed E-state index contributed by atoms with van der Waals surface area (Å²) in [5.74, 6) is -2.83. The number of carbonyl (C=O) groups excluding carboxylic acids is 2. The number of rotatable bonds is 10. The summed E-state index contributed by atoms with van der Waals surface area (Å²) in [5.41, 5.74) is 0.686. The van der Waals surface area contributed by atoms with Gasteiger partial charge >= 0.3 is 11.9 Å². The molecule has 38 heavy (non-hydrogen) atoms. The van der Waals surface area contributed by atoms with Gasteiger partial charge in [0, 0.05) is 18.0 Å². The lowest BCUT2D eigenvalue weighted by molar-refractivity contribution is -0.150. The van der Waals surface area contributed by atoms with Crippen molar-refractivity contribution in [2.45, 2.75) is 75.8 Å². The van der Waals surface area contributed by atoms with Crippen LogP contribution in [-0.4, -0.2) is 88.7 Å². The molecule has 1 amide bonds. The molecule has 0 saturated carbocycles. The van der Waals surface area contributed by atoms with Crippen LogP contribution in [0.4, 0.5) is 0 Å². The molecule has 1 heterocycles. The van der Waals surface area contributed by atoms with Gasteiger partial charge in [0.05, 0.1) is 25.0 Å². The van der Waals surface area contributed by atoms with Crippen LogP contribution in [0.2, 0.25) is 0 Å². The van der Waals surface area contributed by atoms with E-state index in [-0.39, 0.29) is 18.2 Å². The predicted octanol–water partition coefficient (Wildman–Crippen LogP) is 0.955. The molecule has 11 nitrogen and oxygen atoms in total. The Morgan fingerprint density at radius 1 is 1.29 bits per heavy atom. The van der Waals surface area contributed by atoms with Crippen molar-refractivity contribution in [2.75, 3.05) is 20.7 Å². The van der Waals surface area contributed by atoms with Crippen LogP contribution in [0.5, 0.6) is 11.5 Å². The molecule has 6 atom stereocenters. The van der Waals surface area contributed by atoms with E-state index >= 15 is 0 Å². The number of benzene rings is 1. The number of aliphatic carboxylic acids is 1. The minimum absolute atomic E-state index is 0.187. The van der Waals surface area contributed by atoms with E-state index in [0.29, 0.717) is 17.9 Å². The number of aliphatic hydroxyl groups is 2. The van der Waals surface area contributed by atoms with Crippen molar-refractivity contribution in [1.82, 2.24) is 10.2 Å². The van der Waals surface area contributed by atoms with Crippen LogP contribution in [0.3, 0.4) is 0 Å². The number of aliphatic hydroxyl groups excluding tert-OH is 1. The Morgan fingerprint density at radius 3 is 2.61 bits per heavy atom. The second-order valence-corrected chi connectivity index (χ2v) is 10.5. The number of methoxy groups -OCH3 is 1. The molecule has 1 aliphatic heterocycles. The zero-order chi connectivity index (χ0) is 27.9. The van der Waals surface area contributed by atoms with Gasteiger partial charge in [0.1, 0.15) is 17.9 Å². The average Bonchev–Trinajstić information content (AvgIpc) is 3.29. The molecular formula is C27H36N2O9. The van der Waals surface area contributed by atoms with E-state index in [1.165, 1.54) is 7.11 Å². The fourth-order valence-electron chi connectivity index (χ4n) is 5.78. The van der Waals surface area contributed by atoms with Gasteiger partial charge in [0.2, 0.25) is 5.91 Å². The monoisotopic (exact) mass is 532 g/mol. The van der Waals surface area contributed by atoms with Gasteiger partial charge in [-0.1, -0.05) is 26.8 Å². The Kier molecular flexibility index (Phi) is 7.74. The van der Waals surface area contributed by atoms with Gasteiger partial charge in [-0.25, -0.2) is 4.79 Å². The summed E-state index contributed by atoms with van der Waals surface area (Å²) in [6.07, 6.45) is -0.822. The molecule has 0 bridgehead atoms. The van der Waals surface area contributed by atoms with Crippen molar-refractivity contribution in [1.29, 1.82) is 0 Å². The van der Waals surface area contributed by atoms with E-state index in [1.54, 1.807) is 19.9 Å². The highest BCUT2D eigenvalue weighted by molar-refractivity contribution is 5.89. The molecular weight excluding hydrogens is 496 g/mol. The van der Waals surface area contributed by atoms with Crippen molar-refractivity contribution in [3.05, 3.63) is 35.1 Å². The predicted molar refractivity (Wildman–Crippen MR) is 135 cm³/mol. The van der Waals surface area contributed by atoms with Gasteiger partial charge in [0.15, 0.2) is 17.6 Å². The zero-order valence-corrected chi connectivity index (χ0v) is 22.3. The van der Waals surface area contributed by atoms with E-state index in [1.807, 2.05) is 26.1 Å². The van der Waals surface area contributed by atoms with Crippen LogP contribution in [0, 0.1) is 5.92 Å². The molecule has 0 fully saturated rings. The minimum Gasteiger partial charge on any atom is -0.493 e. The number of nitrogens with one attached hydrogen (secondary N) is 1. The van der Waals surface area contributed by atoms with E-state index < -0.39 is 60.0 Å². The SMILES string of the molecule is CCN(C)C1Cc2ccc(OC)c3c2C2[C@@H](O3)C(OC(=O)CC(O)C(=O)NC(C(=O)O)C(C)C)=CC[C@]21O. The molecule has 0 saturated heterocycles. The van der Waals surface area contributed by atoms with Crippen LogP contribution in [0.25, 0.3) is 0 Å².